The van der Waals surface area contributed by atoms with Crippen molar-refractivity contribution in [2.24, 2.45) is 5.92 Å². The molecular formula is C29H36N4O5S. The zero-order valence-corrected chi connectivity index (χ0v) is 23.5. The van der Waals surface area contributed by atoms with E-state index in [-0.39, 0.29) is 41.9 Å². The maximum absolute atomic E-state index is 13.8. The molecule has 9 nitrogen and oxygen atoms in total. The van der Waals surface area contributed by atoms with Crippen molar-refractivity contribution >= 4 is 27.6 Å². The Labute approximate surface area is 230 Å². The van der Waals surface area contributed by atoms with Crippen molar-refractivity contribution in [3.63, 3.8) is 0 Å². The Kier molecular flexibility index (Phi) is 7.37. The van der Waals surface area contributed by atoms with E-state index in [9.17, 15) is 22.8 Å². The number of nitrogens with one attached hydrogen (secondary N) is 1. The van der Waals surface area contributed by atoms with Gasteiger partial charge in [-0.3, -0.25) is 19.4 Å². The smallest absolute Gasteiger partial charge is 0.251 e. The van der Waals surface area contributed by atoms with Gasteiger partial charge in [0.25, 0.3) is 5.91 Å². The van der Waals surface area contributed by atoms with Crippen LogP contribution < -0.4 is 5.32 Å². The van der Waals surface area contributed by atoms with Gasteiger partial charge in [-0.25, -0.2) is 8.42 Å². The van der Waals surface area contributed by atoms with Crippen LogP contribution in [-0.4, -0.2) is 71.4 Å². The first kappa shape index (κ1) is 27.5. The molecule has 39 heavy (non-hydrogen) atoms. The van der Waals surface area contributed by atoms with Crippen LogP contribution in [-0.2, 0) is 30.8 Å². The molecule has 1 aromatic heterocycles. The summed E-state index contributed by atoms with van der Waals surface area (Å²) in [6, 6.07) is 10.3. The second-order valence-electron chi connectivity index (χ2n) is 12.0. The normalized spacial score (nSPS) is 22.5. The summed E-state index contributed by atoms with van der Waals surface area (Å²) in [6.07, 6.45) is 4.43. The molecule has 2 aliphatic heterocycles. The third kappa shape index (κ3) is 5.91. The fraction of sp³-hybridized carbons (Fsp3) is 0.517. The monoisotopic (exact) mass is 552 g/mol. The van der Waals surface area contributed by atoms with Crippen LogP contribution in [0.25, 0.3) is 0 Å². The van der Waals surface area contributed by atoms with Crippen LogP contribution in [0.5, 0.6) is 0 Å². The molecule has 208 valence electrons. The number of likely N-dealkylation sites (tertiary alicyclic amines) is 1. The van der Waals surface area contributed by atoms with Crippen LogP contribution in [0.2, 0.25) is 0 Å². The van der Waals surface area contributed by atoms with Crippen LogP contribution >= 0.6 is 0 Å². The number of hydrogen-bond acceptors (Lipinski definition) is 6. The summed E-state index contributed by atoms with van der Waals surface area (Å²) < 4.78 is 27.7. The number of carbonyl (C=O) groups excluding carboxylic acids is 3. The topological polar surface area (TPSA) is 117 Å². The van der Waals surface area contributed by atoms with Crippen LogP contribution in [0.3, 0.4) is 0 Å². The zero-order valence-electron chi connectivity index (χ0n) is 22.7. The highest BCUT2D eigenvalue weighted by Crippen LogP contribution is 2.36. The predicted molar refractivity (Wildman–Crippen MR) is 146 cm³/mol. The molecule has 1 N–H and O–H groups in total. The molecule has 3 fully saturated rings. The second kappa shape index (κ2) is 10.5. The van der Waals surface area contributed by atoms with Crippen molar-refractivity contribution < 1.29 is 22.8 Å². The summed E-state index contributed by atoms with van der Waals surface area (Å²) in [5.74, 6) is -0.874. The van der Waals surface area contributed by atoms with Gasteiger partial charge in [-0.2, -0.15) is 4.31 Å². The lowest BCUT2D eigenvalue weighted by molar-refractivity contribution is -0.138. The first-order valence-electron chi connectivity index (χ1n) is 13.6. The Morgan fingerprint density at radius 1 is 1.08 bits per heavy atom. The van der Waals surface area contributed by atoms with Gasteiger partial charge >= 0.3 is 0 Å². The molecule has 2 amide bonds. The van der Waals surface area contributed by atoms with E-state index in [4.69, 9.17) is 0 Å². The maximum atomic E-state index is 13.8. The number of pyridine rings is 1. The van der Waals surface area contributed by atoms with Gasteiger partial charge in [-0.05, 0) is 54.0 Å². The number of fused-ring (bicyclic) bond motifs is 1. The minimum atomic E-state index is -3.81. The largest absolute Gasteiger partial charge is 0.340 e. The number of sulfonamides is 1. The van der Waals surface area contributed by atoms with Gasteiger partial charge in [-0.1, -0.05) is 51.8 Å². The summed E-state index contributed by atoms with van der Waals surface area (Å²) in [6.45, 7) is 6.32. The molecule has 1 aromatic carbocycles. The number of ketones is 1. The standard InChI is InChI=1S/C29H36N4O5S/c1-29(2,3)21-11-9-20(10-12-21)27(35)31-23(16-19-7-8-19)28(36)32-15-13-24-26(32)25(34)17-33(24)39(37,38)18-22-6-4-5-14-30-22/h4-6,9-12,14,19,23-24,26H,7-8,13,15-18H2,1-3H3,(H,31,35). The Morgan fingerprint density at radius 3 is 2.41 bits per heavy atom. The Morgan fingerprint density at radius 2 is 1.79 bits per heavy atom. The van der Waals surface area contributed by atoms with E-state index in [1.54, 1.807) is 30.3 Å². The van der Waals surface area contributed by atoms with Gasteiger partial charge in [0.1, 0.15) is 17.8 Å². The Hall–Kier alpha value is -3.11. The van der Waals surface area contributed by atoms with Crippen molar-refractivity contribution in [1.82, 2.24) is 19.5 Å². The third-order valence-electron chi connectivity index (χ3n) is 7.96. The summed E-state index contributed by atoms with van der Waals surface area (Å²) in [5.41, 5.74) is 1.94. The first-order chi connectivity index (χ1) is 18.4. The molecule has 10 heteroatoms. The van der Waals surface area contributed by atoms with Gasteiger partial charge in [0.2, 0.25) is 15.9 Å². The van der Waals surface area contributed by atoms with Crippen LogP contribution in [0.4, 0.5) is 0 Å². The second-order valence-corrected chi connectivity index (χ2v) is 13.9. The van der Waals surface area contributed by atoms with E-state index in [0.717, 1.165) is 18.4 Å². The number of amides is 2. The predicted octanol–water partition coefficient (Wildman–Crippen LogP) is 2.66. The summed E-state index contributed by atoms with van der Waals surface area (Å²) in [4.78, 5) is 45.6. The molecular weight excluding hydrogens is 516 g/mol. The lowest BCUT2D eigenvalue weighted by Crippen LogP contribution is -2.52. The van der Waals surface area contributed by atoms with Gasteiger partial charge in [0.05, 0.1) is 18.3 Å². The number of hydrogen-bond donors (Lipinski definition) is 1. The van der Waals surface area contributed by atoms with Gasteiger partial charge in [0.15, 0.2) is 5.78 Å². The average Bonchev–Trinajstić information content (AvgIpc) is 3.49. The minimum absolute atomic E-state index is 0.0431. The molecule has 0 spiro atoms. The van der Waals surface area contributed by atoms with Gasteiger partial charge in [0, 0.05) is 18.3 Å². The quantitative estimate of drug-likeness (QED) is 0.538. The highest BCUT2D eigenvalue weighted by atomic mass is 32.2. The van der Waals surface area contributed by atoms with E-state index in [2.05, 4.69) is 31.1 Å². The van der Waals surface area contributed by atoms with E-state index < -0.39 is 28.1 Å². The minimum Gasteiger partial charge on any atom is -0.340 e. The van der Waals surface area contributed by atoms with Crippen LogP contribution in [0.1, 0.15) is 68.1 Å². The SMILES string of the molecule is CC(C)(C)c1ccc(C(=O)NC(CC2CC2)C(=O)N2CCC3C2C(=O)CN3S(=O)(=O)Cc2ccccn2)cc1. The first-order valence-corrected chi connectivity index (χ1v) is 15.2. The third-order valence-corrected chi connectivity index (χ3v) is 9.73. The van der Waals surface area contributed by atoms with Crippen molar-refractivity contribution in [3.05, 3.63) is 65.5 Å². The number of aromatic nitrogens is 1. The lowest BCUT2D eigenvalue weighted by atomic mass is 9.86. The van der Waals surface area contributed by atoms with E-state index in [1.807, 2.05) is 12.1 Å². The molecule has 3 unspecified atom stereocenters. The highest BCUT2D eigenvalue weighted by molar-refractivity contribution is 7.88. The molecule has 0 bridgehead atoms. The number of benzene rings is 1. The molecule has 5 rings (SSSR count). The molecule has 2 aromatic rings. The molecule has 3 heterocycles. The number of carbonyl (C=O) groups is 3. The fourth-order valence-corrected chi connectivity index (χ4v) is 7.27. The Balaban J connectivity index is 1.30. The maximum Gasteiger partial charge on any atom is 0.251 e. The zero-order chi connectivity index (χ0) is 27.9. The molecule has 2 saturated heterocycles. The Bertz CT molecular complexity index is 1350. The lowest BCUT2D eigenvalue weighted by Gasteiger charge is -2.28. The number of Topliss-reactive ketones (excluding diaryl/α,β-unsaturated/α-hetero) is 1. The molecule has 3 aliphatic rings. The number of nitrogens with zero attached hydrogens (tertiary/aromatic N) is 3. The van der Waals surface area contributed by atoms with Gasteiger partial charge in [-0.15, -0.1) is 0 Å². The highest BCUT2D eigenvalue weighted by Gasteiger charge is 2.54. The average molecular weight is 553 g/mol. The van der Waals surface area contributed by atoms with Crippen molar-refractivity contribution in [2.75, 3.05) is 13.1 Å². The van der Waals surface area contributed by atoms with E-state index in [1.165, 1.54) is 15.4 Å². The molecule has 0 radical (unpaired) electrons. The van der Waals surface area contributed by atoms with Crippen molar-refractivity contribution in [2.45, 2.75) is 75.7 Å². The molecule has 1 aliphatic carbocycles. The van der Waals surface area contributed by atoms with E-state index >= 15 is 0 Å². The molecule has 3 atom stereocenters. The van der Waals surface area contributed by atoms with E-state index in [0.29, 0.717) is 30.0 Å². The summed E-state index contributed by atoms with van der Waals surface area (Å²) >= 11 is 0. The van der Waals surface area contributed by atoms with Crippen LogP contribution in [0.15, 0.2) is 48.7 Å². The van der Waals surface area contributed by atoms with Crippen LogP contribution in [0, 0.1) is 5.92 Å². The van der Waals surface area contributed by atoms with Crippen molar-refractivity contribution in [3.8, 4) is 0 Å². The summed E-state index contributed by atoms with van der Waals surface area (Å²) in [5, 5.41) is 2.93. The fourth-order valence-electron chi connectivity index (χ4n) is 5.61. The van der Waals surface area contributed by atoms with Gasteiger partial charge < -0.3 is 10.2 Å². The van der Waals surface area contributed by atoms with Crippen molar-refractivity contribution in [1.29, 1.82) is 0 Å². The summed E-state index contributed by atoms with van der Waals surface area (Å²) in [7, 11) is -3.81. The number of rotatable bonds is 8. The molecule has 1 saturated carbocycles.